The molecular formula is C11H22ClNO. The zero-order chi connectivity index (χ0) is 9.31. The molecule has 1 unspecified atom stereocenters. The van der Waals surface area contributed by atoms with Crippen LogP contribution in [0.1, 0.15) is 39.5 Å². The summed E-state index contributed by atoms with van der Waals surface area (Å²) in [6, 6.07) is 0. The molecular weight excluding hydrogens is 198 g/mol. The average molecular weight is 220 g/mol. The standard InChI is InChI=1S/C11H21NO.ClH/c1-11(2)7-12-10(13-8-11)9-5-3-4-6-9;/h9-10,12H,3-8H2,1-2H3;1H. The molecule has 1 saturated carbocycles. The van der Waals surface area contributed by atoms with E-state index >= 15 is 0 Å². The normalized spacial score (nSPS) is 32.6. The number of hydrogen-bond donors (Lipinski definition) is 1. The second-order valence-corrected chi connectivity index (χ2v) is 5.32. The van der Waals surface area contributed by atoms with E-state index in [1.54, 1.807) is 0 Å². The van der Waals surface area contributed by atoms with Gasteiger partial charge in [0.1, 0.15) is 6.23 Å². The highest BCUT2D eigenvalue weighted by atomic mass is 35.5. The highest BCUT2D eigenvalue weighted by molar-refractivity contribution is 5.85. The zero-order valence-electron chi connectivity index (χ0n) is 9.21. The molecule has 1 atom stereocenters. The fourth-order valence-electron chi connectivity index (χ4n) is 2.37. The minimum absolute atomic E-state index is 0. The van der Waals surface area contributed by atoms with Crippen LogP contribution in [0.15, 0.2) is 0 Å². The van der Waals surface area contributed by atoms with Gasteiger partial charge in [-0.15, -0.1) is 12.4 Å². The Morgan fingerprint density at radius 2 is 1.86 bits per heavy atom. The lowest BCUT2D eigenvalue weighted by molar-refractivity contribution is -0.0835. The van der Waals surface area contributed by atoms with Gasteiger partial charge in [0.2, 0.25) is 0 Å². The summed E-state index contributed by atoms with van der Waals surface area (Å²) in [5, 5.41) is 3.53. The Morgan fingerprint density at radius 1 is 1.21 bits per heavy atom. The molecule has 2 fully saturated rings. The van der Waals surface area contributed by atoms with Gasteiger partial charge >= 0.3 is 0 Å². The Bertz CT molecular complexity index is 168. The molecule has 1 saturated heterocycles. The first-order valence-electron chi connectivity index (χ1n) is 5.52. The van der Waals surface area contributed by atoms with Crippen LogP contribution in [-0.4, -0.2) is 19.4 Å². The van der Waals surface area contributed by atoms with Crippen LogP contribution in [0.2, 0.25) is 0 Å². The van der Waals surface area contributed by atoms with E-state index in [9.17, 15) is 0 Å². The molecule has 0 radical (unpaired) electrons. The maximum atomic E-state index is 5.87. The Morgan fingerprint density at radius 3 is 2.36 bits per heavy atom. The van der Waals surface area contributed by atoms with Gasteiger partial charge in [-0.3, -0.25) is 5.32 Å². The van der Waals surface area contributed by atoms with Gasteiger partial charge in [0, 0.05) is 12.0 Å². The van der Waals surface area contributed by atoms with Crippen molar-refractivity contribution in [1.82, 2.24) is 5.32 Å². The summed E-state index contributed by atoms with van der Waals surface area (Å²) in [7, 11) is 0. The van der Waals surface area contributed by atoms with E-state index in [4.69, 9.17) is 4.74 Å². The second kappa shape index (κ2) is 4.82. The minimum Gasteiger partial charge on any atom is -0.362 e. The summed E-state index contributed by atoms with van der Waals surface area (Å²) in [6.45, 7) is 6.53. The van der Waals surface area contributed by atoms with Crippen LogP contribution in [0.5, 0.6) is 0 Å². The number of ether oxygens (including phenoxy) is 1. The fourth-order valence-corrected chi connectivity index (χ4v) is 2.37. The molecule has 1 aliphatic heterocycles. The molecule has 2 aliphatic rings. The SMILES string of the molecule is CC1(C)CNC(C2CCCC2)OC1.Cl. The summed E-state index contributed by atoms with van der Waals surface area (Å²) >= 11 is 0. The van der Waals surface area contributed by atoms with Crippen molar-refractivity contribution in [2.24, 2.45) is 11.3 Å². The zero-order valence-corrected chi connectivity index (χ0v) is 10.0. The molecule has 0 aromatic rings. The predicted molar refractivity (Wildman–Crippen MR) is 60.7 cm³/mol. The minimum atomic E-state index is 0. The number of nitrogens with one attached hydrogen (secondary N) is 1. The monoisotopic (exact) mass is 219 g/mol. The molecule has 0 aromatic carbocycles. The van der Waals surface area contributed by atoms with E-state index in [-0.39, 0.29) is 12.4 Å². The predicted octanol–water partition coefficient (Wildman–Crippen LogP) is 2.57. The van der Waals surface area contributed by atoms with Crippen LogP contribution in [0.25, 0.3) is 0 Å². The molecule has 2 rings (SSSR count). The maximum absolute atomic E-state index is 5.87. The van der Waals surface area contributed by atoms with E-state index in [1.165, 1.54) is 25.7 Å². The summed E-state index contributed by atoms with van der Waals surface area (Å²) in [4.78, 5) is 0. The van der Waals surface area contributed by atoms with Crippen molar-refractivity contribution >= 4 is 12.4 Å². The number of rotatable bonds is 1. The lowest BCUT2D eigenvalue weighted by Gasteiger charge is -2.38. The Labute approximate surface area is 93.2 Å². The fraction of sp³-hybridized carbons (Fsp3) is 1.00. The van der Waals surface area contributed by atoms with Gasteiger partial charge in [-0.05, 0) is 18.8 Å². The van der Waals surface area contributed by atoms with Crippen LogP contribution in [-0.2, 0) is 4.74 Å². The Balaban J connectivity index is 0.000000980. The van der Waals surface area contributed by atoms with E-state index < -0.39 is 0 Å². The molecule has 0 bridgehead atoms. The highest BCUT2D eigenvalue weighted by Crippen LogP contribution is 2.31. The first kappa shape index (κ1) is 12.3. The van der Waals surface area contributed by atoms with Crippen LogP contribution >= 0.6 is 12.4 Å². The van der Waals surface area contributed by atoms with Crippen molar-refractivity contribution in [2.45, 2.75) is 45.8 Å². The molecule has 14 heavy (non-hydrogen) atoms. The number of hydrogen-bond acceptors (Lipinski definition) is 2. The largest absolute Gasteiger partial charge is 0.362 e. The summed E-state index contributed by atoms with van der Waals surface area (Å²) < 4.78 is 5.87. The lowest BCUT2D eigenvalue weighted by atomic mass is 9.92. The van der Waals surface area contributed by atoms with Gasteiger partial charge in [-0.25, -0.2) is 0 Å². The molecule has 1 aliphatic carbocycles. The van der Waals surface area contributed by atoms with E-state index in [0.717, 1.165) is 19.1 Å². The average Bonchev–Trinajstić information content (AvgIpc) is 2.56. The van der Waals surface area contributed by atoms with Gasteiger partial charge in [0.15, 0.2) is 0 Å². The highest BCUT2D eigenvalue weighted by Gasteiger charge is 2.32. The van der Waals surface area contributed by atoms with Crippen LogP contribution in [0.4, 0.5) is 0 Å². The van der Waals surface area contributed by atoms with Crippen molar-refractivity contribution in [3.63, 3.8) is 0 Å². The molecule has 0 amide bonds. The van der Waals surface area contributed by atoms with Crippen LogP contribution in [0.3, 0.4) is 0 Å². The maximum Gasteiger partial charge on any atom is 0.111 e. The van der Waals surface area contributed by atoms with Crippen LogP contribution < -0.4 is 5.32 Å². The smallest absolute Gasteiger partial charge is 0.111 e. The third-order valence-corrected chi connectivity index (χ3v) is 3.26. The van der Waals surface area contributed by atoms with Crippen molar-refractivity contribution in [1.29, 1.82) is 0 Å². The van der Waals surface area contributed by atoms with Gasteiger partial charge in [-0.2, -0.15) is 0 Å². The summed E-state index contributed by atoms with van der Waals surface area (Å²) in [5.74, 6) is 0.788. The molecule has 0 aromatic heterocycles. The third-order valence-electron chi connectivity index (χ3n) is 3.26. The van der Waals surface area contributed by atoms with Crippen molar-refractivity contribution in [3.8, 4) is 0 Å². The number of halogens is 1. The van der Waals surface area contributed by atoms with E-state index in [0.29, 0.717) is 11.6 Å². The molecule has 84 valence electrons. The summed E-state index contributed by atoms with van der Waals surface area (Å²) in [6.07, 6.45) is 5.87. The van der Waals surface area contributed by atoms with Gasteiger partial charge in [0.05, 0.1) is 6.61 Å². The Kier molecular flexibility index (Phi) is 4.23. The Hall–Kier alpha value is 0.210. The molecule has 2 nitrogen and oxygen atoms in total. The molecule has 1 N–H and O–H groups in total. The molecule has 3 heteroatoms. The van der Waals surface area contributed by atoms with E-state index in [2.05, 4.69) is 19.2 Å². The van der Waals surface area contributed by atoms with Crippen molar-refractivity contribution in [3.05, 3.63) is 0 Å². The quantitative estimate of drug-likeness (QED) is 0.732. The van der Waals surface area contributed by atoms with Gasteiger partial charge < -0.3 is 4.74 Å². The second-order valence-electron chi connectivity index (χ2n) is 5.32. The lowest BCUT2D eigenvalue weighted by Crippen LogP contribution is -2.50. The van der Waals surface area contributed by atoms with Crippen LogP contribution in [0, 0.1) is 11.3 Å². The summed E-state index contributed by atoms with van der Waals surface area (Å²) in [5.41, 5.74) is 0.328. The molecule has 1 heterocycles. The van der Waals surface area contributed by atoms with Gasteiger partial charge in [0.25, 0.3) is 0 Å². The first-order chi connectivity index (χ1) is 6.17. The third kappa shape index (κ3) is 2.85. The van der Waals surface area contributed by atoms with Gasteiger partial charge in [-0.1, -0.05) is 26.7 Å². The van der Waals surface area contributed by atoms with Crippen molar-refractivity contribution < 1.29 is 4.74 Å². The van der Waals surface area contributed by atoms with Crippen molar-refractivity contribution in [2.75, 3.05) is 13.2 Å². The van der Waals surface area contributed by atoms with E-state index in [1.807, 2.05) is 0 Å². The first-order valence-corrected chi connectivity index (χ1v) is 5.52. The molecule has 0 spiro atoms. The topological polar surface area (TPSA) is 21.3 Å².